The van der Waals surface area contributed by atoms with E-state index in [4.69, 9.17) is 4.74 Å². The van der Waals surface area contributed by atoms with E-state index in [-0.39, 0.29) is 0 Å². The van der Waals surface area contributed by atoms with Crippen LogP contribution in [0.3, 0.4) is 0 Å². The number of ether oxygens (including phenoxy) is 1. The molecule has 1 aliphatic rings. The van der Waals surface area contributed by atoms with Gasteiger partial charge in [-0.1, -0.05) is 40.0 Å². The molecule has 1 atom stereocenters. The van der Waals surface area contributed by atoms with E-state index in [1.54, 1.807) is 0 Å². The van der Waals surface area contributed by atoms with Crippen LogP contribution in [0.1, 0.15) is 52.9 Å². The topological polar surface area (TPSA) is 21.3 Å². The van der Waals surface area contributed by atoms with E-state index < -0.39 is 0 Å². The maximum absolute atomic E-state index is 5.92. The fourth-order valence-electron chi connectivity index (χ4n) is 1.74. The lowest BCUT2D eigenvalue weighted by Gasteiger charge is -2.19. The molecule has 1 unspecified atom stereocenters. The Bertz CT molecular complexity index is 155. The Balaban J connectivity index is 2.04. The highest BCUT2D eigenvalue weighted by Gasteiger charge is 2.21. The first-order chi connectivity index (χ1) is 7.22. The number of nitrogens with one attached hydrogen (secondary N) is 1. The quantitative estimate of drug-likeness (QED) is 0.636. The van der Waals surface area contributed by atoms with Crippen molar-refractivity contribution in [2.75, 3.05) is 13.2 Å². The molecule has 0 aromatic heterocycles. The minimum atomic E-state index is 0.427. The van der Waals surface area contributed by atoms with Crippen LogP contribution in [0.25, 0.3) is 0 Å². The molecule has 0 bridgehead atoms. The molecule has 1 saturated carbocycles. The molecule has 0 radical (unpaired) electrons. The monoisotopic (exact) mass is 213 g/mol. The van der Waals surface area contributed by atoms with Crippen LogP contribution in [-0.4, -0.2) is 25.3 Å². The Kier molecular flexibility index (Phi) is 6.26. The summed E-state index contributed by atoms with van der Waals surface area (Å²) in [6.45, 7) is 8.58. The van der Waals surface area contributed by atoms with Crippen LogP contribution in [0.15, 0.2) is 0 Å². The summed E-state index contributed by atoms with van der Waals surface area (Å²) in [6, 6.07) is 0.566. The van der Waals surface area contributed by atoms with Gasteiger partial charge in [0.15, 0.2) is 0 Å². The van der Waals surface area contributed by atoms with Crippen molar-refractivity contribution >= 4 is 0 Å². The van der Waals surface area contributed by atoms with Crippen molar-refractivity contribution in [1.29, 1.82) is 0 Å². The lowest BCUT2D eigenvalue weighted by molar-refractivity contribution is 0.0421. The van der Waals surface area contributed by atoms with E-state index in [1.807, 2.05) is 0 Å². The molecular formula is C13H27NO. The van der Waals surface area contributed by atoms with Gasteiger partial charge >= 0.3 is 0 Å². The van der Waals surface area contributed by atoms with Crippen LogP contribution >= 0.6 is 0 Å². The van der Waals surface area contributed by atoms with E-state index in [1.165, 1.54) is 32.1 Å². The predicted octanol–water partition coefficient (Wildman–Crippen LogP) is 2.97. The van der Waals surface area contributed by atoms with Crippen molar-refractivity contribution in [2.24, 2.45) is 5.92 Å². The minimum Gasteiger partial charge on any atom is -0.377 e. The molecular weight excluding hydrogens is 186 g/mol. The van der Waals surface area contributed by atoms with Crippen molar-refractivity contribution < 1.29 is 4.74 Å². The fraction of sp³-hybridized carbons (Fsp3) is 1.00. The number of hydrogen-bond donors (Lipinski definition) is 1. The van der Waals surface area contributed by atoms with Gasteiger partial charge in [-0.05, 0) is 18.8 Å². The van der Waals surface area contributed by atoms with Crippen LogP contribution < -0.4 is 5.32 Å². The second-order valence-corrected chi connectivity index (χ2v) is 5.08. The molecule has 1 N–H and O–H groups in total. The van der Waals surface area contributed by atoms with Gasteiger partial charge in [-0.15, -0.1) is 0 Å². The third kappa shape index (κ3) is 6.91. The summed E-state index contributed by atoms with van der Waals surface area (Å²) in [5, 5.41) is 3.46. The standard InChI is InChI=1S/C13H27NO/c1-4-5-13(10-14-11(2)3)15-9-8-12-6-7-12/h11-14H,4-10H2,1-3H3. The fourth-order valence-corrected chi connectivity index (χ4v) is 1.74. The third-order valence-electron chi connectivity index (χ3n) is 2.94. The molecule has 0 aromatic rings. The van der Waals surface area contributed by atoms with Crippen molar-refractivity contribution in [2.45, 2.75) is 65.0 Å². The van der Waals surface area contributed by atoms with Crippen LogP contribution in [0.4, 0.5) is 0 Å². The first-order valence-electron chi connectivity index (χ1n) is 6.57. The van der Waals surface area contributed by atoms with Crippen LogP contribution in [0, 0.1) is 5.92 Å². The van der Waals surface area contributed by atoms with Gasteiger partial charge in [0.05, 0.1) is 6.10 Å². The van der Waals surface area contributed by atoms with Gasteiger partial charge < -0.3 is 10.1 Å². The maximum Gasteiger partial charge on any atom is 0.0699 e. The summed E-state index contributed by atoms with van der Waals surface area (Å²) in [7, 11) is 0. The van der Waals surface area contributed by atoms with Crippen LogP contribution in [0.2, 0.25) is 0 Å². The zero-order valence-corrected chi connectivity index (χ0v) is 10.6. The van der Waals surface area contributed by atoms with Crippen LogP contribution in [-0.2, 0) is 4.74 Å². The summed E-state index contributed by atoms with van der Waals surface area (Å²) in [5.41, 5.74) is 0. The molecule has 0 aromatic carbocycles. The largest absolute Gasteiger partial charge is 0.377 e. The summed E-state index contributed by atoms with van der Waals surface area (Å²) < 4.78 is 5.92. The highest BCUT2D eigenvalue weighted by Crippen LogP contribution is 2.32. The first kappa shape index (κ1) is 13.0. The molecule has 2 nitrogen and oxygen atoms in total. The van der Waals surface area contributed by atoms with Gasteiger partial charge in [-0.3, -0.25) is 0 Å². The van der Waals surface area contributed by atoms with Gasteiger partial charge in [-0.2, -0.15) is 0 Å². The molecule has 0 heterocycles. The minimum absolute atomic E-state index is 0.427. The molecule has 90 valence electrons. The summed E-state index contributed by atoms with van der Waals surface area (Å²) in [4.78, 5) is 0. The first-order valence-corrected chi connectivity index (χ1v) is 6.57. The lowest BCUT2D eigenvalue weighted by Crippen LogP contribution is -2.33. The SMILES string of the molecule is CCCC(CNC(C)C)OCCC1CC1. The van der Waals surface area contributed by atoms with Gasteiger partial charge in [0.1, 0.15) is 0 Å². The molecule has 2 heteroatoms. The second kappa shape index (κ2) is 7.24. The van der Waals surface area contributed by atoms with Crippen molar-refractivity contribution in [3.05, 3.63) is 0 Å². The second-order valence-electron chi connectivity index (χ2n) is 5.08. The molecule has 1 rings (SSSR count). The zero-order chi connectivity index (χ0) is 11.1. The smallest absolute Gasteiger partial charge is 0.0699 e. The third-order valence-corrected chi connectivity index (χ3v) is 2.94. The highest BCUT2D eigenvalue weighted by atomic mass is 16.5. The summed E-state index contributed by atoms with van der Waals surface area (Å²) in [6.07, 6.45) is 6.98. The number of rotatable bonds is 9. The molecule has 1 fully saturated rings. The van der Waals surface area contributed by atoms with Gasteiger partial charge in [-0.25, -0.2) is 0 Å². The molecule has 15 heavy (non-hydrogen) atoms. The molecule has 0 amide bonds. The average molecular weight is 213 g/mol. The molecule has 0 aliphatic heterocycles. The summed E-state index contributed by atoms with van der Waals surface area (Å²) in [5.74, 6) is 0.991. The number of hydrogen-bond acceptors (Lipinski definition) is 2. The van der Waals surface area contributed by atoms with Gasteiger partial charge in [0.25, 0.3) is 0 Å². The molecule has 1 aliphatic carbocycles. The predicted molar refractivity (Wildman–Crippen MR) is 65.1 cm³/mol. The zero-order valence-electron chi connectivity index (χ0n) is 10.6. The Hall–Kier alpha value is -0.0800. The van der Waals surface area contributed by atoms with E-state index in [2.05, 4.69) is 26.1 Å². The average Bonchev–Trinajstić information content (AvgIpc) is 2.98. The Labute approximate surface area is 94.8 Å². The highest BCUT2D eigenvalue weighted by molar-refractivity contribution is 4.73. The van der Waals surface area contributed by atoms with Crippen molar-refractivity contribution in [3.63, 3.8) is 0 Å². The Morgan fingerprint density at radius 1 is 1.33 bits per heavy atom. The summed E-state index contributed by atoms with van der Waals surface area (Å²) >= 11 is 0. The Morgan fingerprint density at radius 2 is 2.07 bits per heavy atom. The van der Waals surface area contributed by atoms with Crippen molar-refractivity contribution in [1.82, 2.24) is 5.32 Å². The molecule has 0 saturated heterocycles. The Morgan fingerprint density at radius 3 is 2.60 bits per heavy atom. The normalized spacial score (nSPS) is 18.4. The van der Waals surface area contributed by atoms with Crippen LogP contribution in [0.5, 0.6) is 0 Å². The van der Waals surface area contributed by atoms with E-state index in [0.717, 1.165) is 19.1 Å². The van der Waals surface area contributed by atoms with Gasteiger partial charge in [0, 0.05) is 19.2 Å². The lowest BCUT2D eigenvalue weighted by atomic mass is 10.2. The van der Waals surface area contributed by atoms with Crippen molar-refractivity contribution in [3.8, 4) is 0 Å². The van der Waals surface area contributed by atoms with E-state index in [9.17, 15) is 0 Å². The maximum atomic E-state index is 5.92. The van der Waals surface area contributed by atoms with E-state index >= 15 is 0 Å². The van der Waals surface area contributed by atoms with E-state index in [0.29, 0.717) is 12.1 Å². The molecule has 0 spiro atoms. The van der Waals surface area contributed by atoms with Gasteiger partial charge in [0.2, 0.25) is 0 Å².